The predicted octanol–water partition coefficient (Wildman–Crippen LogP) is 1.80. The average molecular weight is 306 g/mol. The Labute approximate surface area is 128 Å². The lowest BCUT2D eigenvalue weighted by Crippen LogP contribution is -2.47. The minimum absolute atomic E-state index is 0.106. The minimum atomic E-state index is -0.662. The molecule has 2 heterocycles. The van der Waals surface area contributed by atoms with Crippen molar-refractivity contribution in [3.8, 4) is 5.75 Å². The Hall–Kier alpha value is -1.69. The number of ether oxygens (including phenoxy) is 1. The molecule has 1 N–H and O–H groups in total. The van der Waals surface area contributed by atoms with Crippen LogP contribution in [0, 0.1) is 6.92 Å². The maximum atomic E-state index is 12.4. The molecule has 0 aliphatic carbocycles. The first-order valence-electron chi connectivity index (χ1n) is 7.03. The number of carbonyl (C=O) groups excluding carboxylic acids is 2. The van der Waals surface area contributed by atoms with Crippen molar-refractivity contribution >= 4 is 23.7 Å². The van der Waals surface area contributed by atoms with Crippen LogP contribution >= 0.6 is 11.8 Å². The van der Waals surface area contributed by atoms with Gasteiger partial charge in [0.25, 0.3) is 5.91 Å². The third-order valence-corrected chi connectivity index (χ3v) is 5.12. The molecule has 1 aromatic carbocycles. The van der Waals surface area contributed by atoms with Crippen LogP contribution in [0.3, 0.4) is 0 Å². The molecule has 0 saturated carbocycles. The Morgan fingerprint density at radius 2 is 2.19 bits per heavy atom. The third kappa shape index (κ3) is 2.60. The fourth-order valence-corrected chi connectivity index (χ4v) is 4.00. The molecule has 1 atom stereocenters. The number of carbonyl (C=O) groups is 2. The topological polar surface area (TPSA) is 58.6 Å². The molecular formula is C15H18N2O3S. The van der Waals surface area contributed by atoms with Gasteiger partial charge in [-0.2, -0.15) is 11.8 Å². The summed E-state index contributed by atoms with van der Waals surface area (Å²) in [6.07, 6.45) is 0.720. The highest BCUT2D eigenvalue weighted by molar-refractivity contribution is 7.99. The first kappa shape index (κ1) is 14.3. The van der Waals surface area contributed by atoms with E-state index in [4.69, 9.17) is 4.74 Å². The number of hydrogen-bond acceptors (Lipinski definition) is 4. The van der Waals surface area contributed by atoms with E-state index in [1.165, 1.54) is 4.90 Å². The number of amides is 3. The average Bonchev–Trinajstić information content (AvgIpc) is 3.02. The fraction of sp³-hybridized carbons (Fsp3) is 0.467. The van der Waals surface area contributed by atoms with Crippen LogP contribution in [0.5, 0.6) is 5.75 Å². The molecule has 3 amide bonds. The maximum absolute atomic E-state index is 12.4. The largest absolute Gasteiger partial charge is 0.491 e. The molecule has 1 unspecified atom stereocenters. The van der Waals surface area contributed by atoms with Crippen molar-refractivity contribution in [2.24, 2.45) is 0 Å². The number of nitrogens with zero attached hydrogens (tertiary/aromatic N) is 1. The van der Waals surface area contributed by atoms with Gasteiger partial charge in [0.15, 0.2) is 0 Å². The first-order chi connectivity index (χ1) is 10.1. The number of urea groups is 1. The molecule has 0 aromatic heterocycles. The van der Waals surface area contributed by atoms with Crippen LogP contribution in [0.4, 0.5) is 4.79 Å². The Morgan fingerprint density at radius 3 is 2.90 bits per heavy atom. The number of imide groups is 1. The fourth-order valence-electron chi connectivity index (χ4n) is 2.68. The van der Waals surface area contributed by atoms with Gasteiger partial charge in [-0.1, -0.05) is 18.2 Å². The zero-order chi connectivity index (χ0) is 14.9. The van der Waals surface area contributed by atoms with E-state index in [1.54, 1.807) is 11.8 Å². The summed E-state index contributed by atoms with van der Waals surface area (Å²) in [6, 6.07) is 7.40. The van der Waals surface area contributed by atoms with E-state index in [0.717, 1.165) is 23.5 Å². The lowest BCUT2D eigenvalue weighted by atomic mass is 9.99. The molecule has 5 nitrogen and oxygen atoms in total. The minimum Gasteiger partial charge on any atom is -0.491 e. The van der Waals surface area contributed by atoms with Crippen LogP contribution in [0.2, 0.25) is 0 Å². The number of para-hydroxylation sites is 1. The van der Waals surface area contributed by atoms with Crippen molar-refractivity contribution < 1.29 is 14.3 Å². The number of benzene rings is 1. The van der Waals surface area contributed by atoms with Gasteiger partial charge in [0.05, 0.1) is 6.54 Å². The monoisotopic (exact) mass is 306 g/mol. The Kier molecular flexibility index (Phi) is 3.80. The Bertz CT molecular complexity index is 570. The van der Waals surface area contributed by atoms with E-state index in [2.05, 4.69) is 5.32 Å². The SMILES string of the molecule is Cc1ccccc1OCCN1C(=O)NC2(CCSC2)C1=O. The highest BCUT2D eigenvalue weighted by Crippen LogP contribution is 2.33. The lowest BCUT2D eigenvalue weighted by molar-refractivity contribution is -0.130. The van der Waals surface area contributed by atoms with Crippen molar-refractivity contribution in [2.45, 2.75) is 18.9 Å². The first-order valence-corrected chi connectivity index (χ1v) is 8.18. The van der Waals surface area contributed by atoms with Gasteiger partial charge in [-0.15, -0.1) is 0 Å². The zero-order valence-corrected chi connectivity index (χ0v) is 12.7. The van der Waals surface area contributed by atoms with E-state index in [1.807, 2.05) is 31.2 Å². The molecule has 1 spiro atoms. The van der Waals surface area contributed by atoms with Crippen LogP contribution in [0.1, 0.15) is 12.0 Å². The summed E-state index contributed by atoms with van der Waals surface area (Å²) >= 11 is 1.71. The second-order valence-electron chi connectivity index (χ2n) is 5.39. The van der Waals surface area contributed by atoms with E-state index >= 15 is 0 Å². The van der Waals surface area contributed by atoms with Crippen LogP contribution in [0.15, 0.2) is 24.3 Å². The molecule has 2 aliphatic rings. The number of nitrogens with one attached hydrogen (secondary N) is 1. The van der Waals surface area contributed by atoms with Gasteiger partial charge in [-0.25, -0.2) is 4.79 Å². The smallest absolute Gasteiger partial charge is 0.325 e. The highest BCUT2D eigenvalue weighted by Gasteiger charge is 2.52. The van der Waals surface area contributed by atoms with Gasteiger partial charge in [0, 0.05) is 5.75 Å². The molecule has 3 rings (SSSR count). The Morgan fingerprint density at radius 1 is 1.38 bits per heavy atom. The predicted molar refractivity (Wildman–Crippen MR) is 81.6 cm³/mol. The van der Waals surface area contributed by atoms with Gasteiger partial charge in [-0.3, -0.25) is 9.69 Å². The van der Waals surface area contributed by atoms with Crippen molar-refractivity contribution in [1.29, 1.82) is 0 Å². The molecule has 21 heavy (non-hydrogen) atoms. The molecule has 2 fully saturated rings. The quantitative estimate of drug-likeness (QED) is 0.862. The number of rotatable bonds is 4. The molecule has 112 valence electrons. The van der Waals surface area contributed by atoms with Gasteiger partial charge < -0.3 is 10.1 Å². The second kappa shape index (κ2) is 5.60. The van der Waals surface area contributed by atoms with E-state index in [0.29, 0.717) is 12.4 Å². The second-order valence-corrected chi connectivity index (χ2v) is 6.49. The summed E-state index contributed by atoms with van der Waals surface area (Å²) in [5.41, 5.74) is 0.378. The van der Waals surface area contributed by atoms with Crippen molar-refractivity contribution in [1.82, 2.24) is 10.2 Å². The number of thioether (sulfide) groups is 1. The van der Waals surface area contributed by atoms with E-state index in [-0.39, 0.29) is 18.5 Å². The van der Waals surface area contributed by atoms with Gasteiger partial charge in [-0.05, 0) is 30.7 Å². The molecule has 2 aliphatic heterocycles. The summed E-state index contributed by atoms with van der Waals surface area (Å²) in [5.74, 6) is 2.27. The summed E-state index contributed by atoms with van der Waals surface area (Å²) in [5, 5.41) is 2.85. The maximum Gasteiger partial charge on any atom is 0.325 e. The summed E-state index contributed by atoms with van der Waals surface area (Å²) in [7, 11) is 0. The normalized spacial score (nSPS) is 24.7. The van der Waals surface area contributed by atoms with Gasteiger partial charge in [0.2, 0.25) is 0 Å². The van der Waals surface area contributed by atoms with E-state index < -0.39 is 5.54 Å². The van der Waals surface area contributed by atoms with Crippen LogP contribution in [0.25, 0.3) is 0 Å². The van der Waals surface area contributed by atoms with Crippen LogP contribution < -0.4 is 10.1 Å². The lowest BCUT2D eigenvalue weighted by Gasteiger charge is -2.19. The number of hydrogen-bond donors (Lipinski definition) is 1. The van der Waals surface area contributed by atoms with Gasteiger partial charge >= 0.3 is 6.03 Å². The van der Waals surface area contributed by atoms with Gasteiger partial charge in [0.1, 0.15) is 17.9 Å². The van der Waals surface area contributed by atoms with Crippen LogP contribution in [-0.4, -0.2) is 47.0 Å². The number of aryl methyl sites for hydroxylation is 1. The Balaban J connectivity index is 1.59. The summed E-state index contributed by atoms with van der Waals surface area (Å²) < 4.78 is 5.67. The third-order valence-electron chi connectivity index (χ3n) is 3.93. The summed E-state index contributed by atoms with van der Waals surface area (Å²) in [4.78, 5) is 25.7. The zero-order valence-electron chi connectivity index (χ0n) is 11.9. The molecule has 6 heteroatoms. The molecule has 0 bridgehead atoms. The van der Waals surface area contributed by atoms with Crippen molar-refractivity contribution in [3.63, 3.8) is 0 Å². The molecular weight excluding hydrogens is 288 g/mol. The molecule has 1 aromatic rings. The van der Waals surface area contributed by atoms with E-state index in [9.17, 15) is 9.59 Å². The molecule has 2 saturated heterocycles. The van der Waals surface area contributed by atoms with Crippen molar-refractivity contribution in [2.75, 3.05) is 24.7 Å². The highest BCUT2D eigenvalue weighted by atomic mass is 32.2. The molecule has 0 radical (unpaired) electrons. The van der Waals surface area contributed by atoms with Crippen LogP contribution in [-0.2, 0) is 4.79 Å². The standard InChI is InChI=1S/C15H18N2O3S/c1-11-4-2-3-5-12(11)20-8-7-17-13(18)15(16-14(17)19)6-9-21-10-15/h2-5H,6-10H2,1H3,(H,16,19). The summed E-state index contributed by atoms with van der Waals surface area (Å²) in [6.45, 7) is 2.56. The van der Waals surface area contributed by atoms with Crippen molar-refractivity contribution in [3.05, 3.63) is 29.8 Å².